The second kappa shape index (κ2) is 12.1. The molecular formula is C35H32F3N3O2. The average Bonchev–Trinajstić information content (AvgIpc) is 3.04. The van der Waals surface area contributed by atoms with Crippen molar-refractivity contribution in [3.8, 4) is 11.1 Å². The molecule has 0 spiro atoms. The predicted molar refractivity (Wildman–Crippen MR) is 161 cm³/mol. The molecule has 8 heteroatoms. The summed E-state index contributed by atoms with van der Waals surface area (Å²) in [4.78, 5) is 30.6. The summed E-state index contributed by atoms with van der Waals surface area (Å²) in [6.45, 7) is 3.25. The van der Waals surface area contributed by atoms with Crippen molar-refractivity contribution in [1.29, 1.82) is 0 Å². The Labute approximate surface area is 248 Å². The summed E-state index contributed by atoms with van der Waals surface area (Å²) in [7, 11) is 0. The van der Waals surface area contributed by atoms with Crippen LogP contribution in [0.5, 0.6) is 0 Å². The van der Waals surface area contributed by atoms with E-state index in [9.17, 15) is 22.8 Å². The molecule has 2 aliphatic heterocycles. The normalized spacial score (nSPS) is 16.0. The van der Waals surface area contributed by atoms with E-state index in [-0.39, 0.29) is 11.8 Å². The second-order valence-corrected chi connectivity index (χ2v) is 11.2. The van der Waals surface area contributed by atoms with Crippen LogP contribution >= 0.6 is 0 Å². The molecule has 2 aliphatic rings. The quantitative estimate of drug-likeness (QED) is 0.269. The van der Waals surface area contributed by atoms with Crippen LogP contribution in [-0.4, -0.2) is 47.3 Å². The van der Waals surface area contributed by atoms with E-state index in [2.05, 4.69) is 16.3 Å². The third-order valence-corrected chi connectivity index (χ3v) is 8.49. The van der Waals surface area contributed by atoms with Crippen LogP contribution in [0.25, 0.3) is 11.1 Å². The van der Waals surface area contributed by atoms with Crippen LogP contribution in [0.1, 0.15) is 50.2 Å². The van der Waals surface area contributed by atoms with Crippen LogP contribution < -0.4 is 5.32 Å². The predicted octanol–water partition coefficient (Wildman–Crippen LogP) is 7.29. The Hall–Kier alpha value is -4.43. The first-order chi connectivity index (χ1) is 20.8. The molecule has 4 aromatic carbocycles. The molecule has 0 bridgehead atoms. The van der Waals surface area contributed by atoms with Gasteiger partial charge in [-0.05, 0) is 84.0 Å². The van der Waals surface area contributed by atoms with Crippen molar-refractivity contribution in [3.05, 3.63) is 125 Å². The summed E-state index contributed by atoms with van der Waals surface area (Å²) in [5, 5.41) is 2.99. The minimum atomic E-state index is -4.42. The molecule has 0 aromatic heterocycles. The van der Waals surface area contributed by atoms with E-state index in [0.29, 0.717) is 28.4 Å². The summed E-state index contributed by atoms with van der Waals surface area (Å²) in [5.74, 6) is -0.218. The molecule has 6 rings (SSSR count). The standard InChI is InChI=1S/C35H32F3N3O2/c36-35(37,38)28-13-10-24(11-14-28)31-8-4-5-9-32(31)33(42)39-29-15-12-27-23-41(19-16-26(27)22-29)30-17-20-40(21-18-30)34(43)25-6-2-1-3-7-25/h1-15,22,30H,16-21,23H2,(H,39,42). The number of anilines is 1. The largest absolute Gasteiger partial charge is 0.416 e. The molecule has 0 saturated carbocycles. The van der Waals surface area contributed by atoms with Gasteiger partial charge in [0, 0.05) is 49.0 Å². The number of fused-ring (bicyclic) bond motifs is 1. The third kappa shape index (κ3) is 6.34. The van der Waals surface area contributed by atoms with Gasteiger partial charge in [-0.15, -0.1) is 0 Å². The zero-order chi connectivity index (χ0) is 30.0. The molecule has 43 heavy (non-hydrogen) atoms. The van der Waals surface area contributed by atoms with Gasteiger partial charge in [-0.2, -0.15) is 13.2 Å². The highest BCUT2D eigenvalue weighted by Crippen LogP contribution is 2.33. The molecule has 1 fully saturated rings. The molecule has 0 aliphatic carbocycles. The van der Waals surface area contributed by atoms with Gasteiger partial charge in [-0.3, -0.25) is 14.5 Å². The number of halogens is 3. The zero-order valence-electron chi connectivity index (χ0n) is 23.6. The van der Waals surface area contributed by atoms with E-state index >= 15 is 0 Å². The van der Waals surface area contributed by atoms with Gasteiger partial charge >= 0.3 is 6.18 Å². The number of likely N-dealkylation sites (tertiary alicyclic amines) is 1. The first-order valence-electron chi connectivity index (χ1n) is 14.5. The van der Waals surface area contributed by atoms with Gasteiger partial charge in [0.2, 0.25) is 0 Å². The van der Waals surface area contributed by atoms with E-state index < -0.39 is 11.7 Å². The van der Waals surface area contributed by atoms with Crippen molar-refractivity contribution in [2.75, 3.05) is 25.0 Å². The second-order valence-electron chi connectivity index (χ2n) is 11.2. The monoisotopic (exact) mass is 583 g/mol. The van der Waals surface area contributed by atoms with Gasteiger partial charge < -0.3 is 10.2 Å². The number of carbonyl (C=O) groups is 2. The van der Waals surface area contributed by atoms with Crippen molar-refractivity contribution in [2.24, 2.45) is 0 Å². The summed E-state index contributed by atoms with van der Waals surface area (Å²) < 4.78 is 39.1. The number of piperidine rings is 1. The fourth-order valence-electron chi connectivity index (χ4n) is 6.13. The van der Waals surface area contributed by atoms with Crippen LogP contribution in [0.2, 0.25) is 0 Å². The molecule has 1 saturated heterocycles. The molecule has 5 nitrogen and oxygen atoms in total. The van der Waals surface area contributed by atoms with E-state index in [1.54, 1.807) is 24.3 Å². The zero-order valence-corrected chi connectivity index (χ0v) is 23.6. The van der Waals surface area contributed by atoms with Crippen LogP contribution in [0.4, 0.5) is 18.9 Å². The van der Waals surface area contributed by atoms with Crippen LogP contribution in [0, 0.1) is 0 Å². The number of carbonyl (C=O) groups excluding carboxylic acids is 2. The highest BCUT2D eigenvalue weighted by molar-refractivity contribution is 6.08. The average molecular weight is 584 g/mol. The lowest BCUT2D eigenvalue weighted by atomic mass is 9.94. The van der Waals surface area contributed by atoms with Crippen molar-refractivity contribution in [3.63, 3.8) is 0 Å². The van der Waals surface area contributed by atoms with Gasteiger partial charge in [0.25, 0.3) is 11.8 Å². The number of alkyl halides is 3. The first kappa shape index (κ1) is 28.7. The Morgan fingerprint density at radius 3 is 2.19 bits per heavy atom. The van der Waals surface area contributed by atoms with E-state index in [0.717, 1.165) is 63.1 Å². The number of nitrogens with zero attached hydrogens (tertiary/aromatic N) is 2. The molecular weight excluding hydrogens is 551 g/mol. The molecule has 2 amide bonds. The van der Waals surface area contributed by atoms with Crippen molar-refractivity contribution in [2.45, 2.75) is 38.0 Å². The number of amides is 2. The van der Waals surface area contributed by atoms with Gasteiger partial charge in [0.05, 0.1) is 5.56 Å². The van der Waals surface area contributed by atoms with Gasteiger partial charge in [-0.1, -0.05) is 54.6 Å². The molecule has 0 unspecified atom stereocenters. The maximum atomic E-state index is 13.3. The summed E-state index contributed by atoms with van der Waals surface area (Å²) in [5.41, 5.74) is 4.63. The number of rotatable bonds is 5. The van der Waals surface area contributed by atoms with E-state index in [1.807, 2.05) is 47.4 Å². The fourth-order valence-corrected chi connectivity index (χ4v) is 6.13. The Kier molecular flexibility index (Phi) is 8.04. The van der Waals surface area contributed by atoms with Crippen LogP contribution in [-0.2, 0) is 19.1 Å². The van der Waals surface area contributed by atoms with Crippen LogP contribution in [0.15, 0.2) is 97.1 Å². The lowest BCUT2D eigenvalue weighted by Crippen LogP contribution is -2.48. The molecule has 1 N–H and O–H groups in total. The van der Waals surface area contributed by atoms with E-state index in [4.69, 9.17) is 0 Å². The molecule has 0 radical (unpaired) electrons. The minimum absolute atomic E-state index is 0.0969. The highest BCUT2D eigenvalue weighted by atomic mass is 19.4. The highest BCUT2D eigenvalue weighted by Gasteiger charge is 2.31. The number of nitrogens with one attached hydrogen (secondary N) is 1. The van der Waals surface area contributed by atoms with Crippen molar-refractivity contribution < 1.29 is 22.8 Å². The Morgan fingerprint density at radius 2 is 1.47 bits per heavy atom. The number of hydrogen-bond acceptors (Lipinski definition) is 3. The summed E-state index contributed by atoms with van der Waals surface area (Å²) in [6, 6.07) is 27.6. The topological polar surface area (TPSA) is 52.7 Å². The first-order valence-corrected chi connectivity index (χ1v) is 14.5. The smallest absolute Gasteiger partial charge is 0.339 e. The Balaban J connectivity index is 1.08. The van der Waals surface area contributed by atoms with Gasteiger partial charge in [0.1, 0.15) is 0 Å². The summed E-state index contributed by atoms with van der Waals surface area (Å²) >= 11 is 0. The third-order valence-electron chi connectivity index (χ3n) is 8.49. The fraction of sp³-hybridized carbons (Fsp3) is 0.257. The molecule has 4 aromatic rings. The van der Waals surface area contributed by atoms with Gasteiger partial charge in [-0.25, -0.2) is 0 Å². The maximum absolute atomic E-state index is 13.3. The van der Waals surface area contributed by atoms with Crippen molar-refractivity contribution in [1.82, 2.24) is 9.80 Å². The van der Waals surface area contributed by atoms with Crippen LogP contribution in [0.3, 0.4) is 0 Å². The molecule has 2 heterocycles. The number of benzene rings is 4. The Morgan fingerprint density at radius 1 is 0.767 bits per heavy atom. The Bertz CT molecular complexity index is 1610. The molecule has 220 valence electrons. The van der Waals surface area contributed by atoms with E-state index in [1.165, 1.54) is 23.3 Å². The summed E-state index contributed by atoms with van der Waals surface area (Å²) in [6.07, 6.45) is -1.66. The van der Waals surface area contributed by atoms with Gasteiger partial charge in [0.15, 0.2) is 0 Å². The lowest BCUT2D eigenvalue weighted by molar-refractivity contribution is -0.137. The SMILES string of the molecule is O=C(Nc1ccc2c(c1)CCN(C1CCN(C(=O)c3ccccc3)CC1)C2)c1ccccc1-c1ccc(C(F)(F)F)cc1. The maximum Gasteiger partial charge on any atom is 0.416 e. The van der Waals surface area contributed by atoms with Crippen molar-refractivity contribution >= 4 is 17.5 Å². The molecule has 0 atom stereocenters. The minimum Gasteiger partial charge on any atom is -0.339 e. The number of hydrogen-bond donors (Lipinski definition) is 1. The lowest BCUT2D eigenvalue weighted by Gasteiger charge is -2.40.